The van der Waals surface area contributed by atoms with E-state index >= 15 is 0 Å². The second-order valence-corrected chi connectivity index (χ2v) is 7.64. The lowest BCUT2D eigenvalue weighted by molar-refractivity contribution is -0.153. The fourth-order valence-corrected chi connectivity index (χ4v) is 4.60. The first-order chi connectivity index (χ1) is 14.2. The number of hydrogen-bond donors (Lipinski definition) is 4. The predicted molar refractivity (Wildman–Crippen MR) is 103 cm³/mol. The number of aliphatic hydroxyl groups is 2. The number of phenols is 2. The number of methoxy groups -OCH3 is 1. The summed E-state index contributed by atoms with van der Waals surface area (Å²) in [4.78, 5) is 38.7. The van der Waals surface area contributed by atoms with Crippen LogP contribution in [0.1, 0.15) is 74.8 Å². The third kappa shape index (κ3) is 2.50. The third-order valence-corrected chi connectivity index (χ3v) is 6.14. The van der Waals surface area contributed by atoms with Gasteiger partial charge < -0.3 is 25.2 Å². The Morgan fingerprint density at radius 3 is 2.50 bits per heavy atom. The Hall–Kier alpha value is -3.23. The van der Waals surface area contributed by atoms with Gasteiger partial charge in [-0.1, -0.05) is 19.1 Å². The van der Waals surface area contributed by atoms with E-state index in [1.165, 1.54) is 24.3 Å². The van der Waals surface area contributed by atoms with Crippen LogP contribution < -0.4 is 0 Å². The number of phenolic OH excluding ortho intramolecular Hbond substituents is 2. The molecule has 30 heavy (non-hydrogen) atoms. The quantitative estimate of drug-likeness (QED) is 0.466. The summed E-state index contributed by atoms with van der Waals surface area (Å²) < 4.78 is 4.84. The second-order valence-electron chi connectivity index (χ2n) is 7.64. The molecule has 0 saturated heterocycles. The fourth-order valence-electron chi connectivity index (χ4n) is 4.60. The van der Waals surface area contributed by atoms with Crippen LogP contribution in [0.5, 0.6) is 11.5 Å². The van der Waals surface area contributed by atoms with Crippen molar-refractivity contribution in [1.82, 2.24) is 0 Å². The summed E-state index contributed by atoms with van der Waals surface area (Å²) in [6.07, 6.45) is -1.55. The molecular weight excluding hydrogens is 392 g/mol. The molecule has 2 aliphatic carbocycles. The summed E-state index contributed by atoms with van der Waals surface area (Å²) in [5.74, 6) is -4.50. The molecule has 0 fully saturated rings. The van der Waals surface area contributed by atoms with E-state index in [1.54, 1.807) is 6.92 Å². The molecule has 0 amide bonds. The Balaban J connectivity index is 2.05. The molecule has 156 valence electrons. The number of carbonyl (C=O) groups is 3. The van der Waals surface area contributed by atoms with Gasteiger partial charge in [0.15, 0.2) is 5.78 Å². The molecule has 2 aromatic rings. The van der Waals surface area contributed by atoms with E-state index in [0.717, 1.165) is 7.11 Å². The van der Waals surface area contributed by atoms with E-state index in [2.05, 4.69) is 0 Å². The van der Waals surface area contributed by atoms with Gasteiger partial charge in [0, 0.05) is 23.1 Å². The SMILES string of the molecule is CC[C@@]1(O)CC(O)c2c(cc3c(c2O)C(=O)c2c(O)cccc2C3=O)[C@H]1C(=O)OC. The van der Waals surface area contributed by atoms with Crippen LogP contribution in [-0.2, 0) is 9.53 Å². The Morgan fingerprint density at radius 2 is 1.87 bits per heavy atom. The number of ether oxygens (including phenoxy) is 1. The van der Waals surface area contributed by atoms with E-state index < -0.39 is 46.7 Å². The molecule has 0 heterocycles. The van der Waals surface area contributed by atoms with Gasteiger partial charge in [-0.3, -0.25) is 14.4 Å². The minimum Gasteiger partial charge on any atom is -0.507 e. The molecule has 8 heteroatoms. The Labute approximate surface area is 171 Å². The molecule has 4 N–H and O–H groups in total. The standard InChI is InChI=1S/C22H20O8/c1-3-22(29)8-13(24)15-10(17(22)21(28)30-2)7-11-16(20(15)27)19(26)14-9(18(11)25)5-4-6-12(14)23/h4-7,13,17,23-24,27,29H,3,8H2,1-2H3/t13?,17-,22+/m0/s1. The maximum Gasteiger partial charge on any atom is 0.316 e. The molecule has 0 saturated carbocycles. The van der Waals surface area contributed by atoms with E-state index in [0.29, 0.717) is 0 Å². The molecule has 0 aromatic heterocycles. The fraction of sp³-hybridized carbons (Fsp3) is 0.318. The van der Waals surface area contributed by atoms with E-state index in [1.807, 2.05) is 0 Å². The highest BCUT2D eigenvalue weighted by molar-refractivity contribution is 6.30. The molecule has 1 unspecified atom stereocenters. The van der Waals surface area contributed by atoms with Gasteiger partial charge >= 0.3 is 5.97 Å². The van der Waals surface area contributed by atoms with Crippen LogP contribution in [0.2, 0.25) is 0 Å². The van der Waals surface area contributed by atoms with Crippen molar-refractivity contribution in [3.8, 4) is 11.5 Å². The molecule has 0 spiro atoms. The highest BCUT2D eigenvalue weighted by Gasteiger charge is 2.51. The highest BCUT2D eigenvalue weighted by Crippen LogP contribution is 2.52. The molecule has 0 radical (unpaired) electrons. The van der Waals surface area contributed by atoms with Crippen molar-refractivity contribution in [3.05, 3.63) is 57.6 Å². The van der Waals surface area contributed by atoms with Gasteiger partial charge in [-0.25, -0.2) is 0 Å². The number of hydrogen-bond acceptors (Lipinski definition) is 8. The van der Waals surface area contributed by atoms with Crippen LogP contribution in [0.15, 0.2) is 24.3 Å². The second kappa shape index (κ2) is 6.65. The average Bonchev–Trinajstić information content (AvgIpc) is 2.70. The lowest BCUT2D eigenvalue weighted by atomic mass is 9.67. The largest absolute Gasteiger partial charge is 0.507 e. The summed E-state index contributed by atoms with van der Waals surface area (Å²) in [6.45, 7) is 1.64. The number of esters is 1. The molecule has 0 aliphatic heterocycles. The molecular formula is C22H20O8. The van der Waals surface area contributed by atoms with Crippen molar-refractivity contribution >= 4 is 17.5 Å². The maximum atomic E-state index is 13.1. The van der Waals surface area contributed by atoms with E-state index in [-0.39, 0.29) is 46.2 Å². The monoisotopic (exact) mass is 412 g/mol. The topological polar surface area (TPSA) is 141 Å². The minimum absolute atomic E-state index is 0.0333. The summed E-state index contributed by atoms with van der Waals surface area (Å²) in [6, 6.07) is 5.30. The number of rotatable bonds is 2. The molecule has 2 aliphatic rings. The zero-order chi connectivity index (χ0) is 22.0. The number of ketones is 2. The van der Waals surface area contributed by atoms with Crippen molar-refractivity contribution in [2.45, 2.75) is 37.4 Å². The molecule has 8 nitrogen and oxygen atoms in total. The summed E-state index contributed by atoms with van der Waals surface area (Å²) in [5, 5.41) is 42.7. The maximum absolute atomic E-state index is 13.1. The van der Waals surface area contributed by atoms with Crippen molar-refractivity contribution < 1.29 is 39.5 Å². The molecule has 3 atom stereocenters. The Morgan fingerprint density at radius 1 is 1.17 bits per heavy atom. The van der Waals surface area contributed by atoms with Gasteiger partial charge in [0.2, 0.25) is 5.78 Å². The van der Waals surface area contributed by atoms with Crippen LogP contribution in [0, 0.1) is 0 Å². The lowest BCUT2D eigenvalue weighted by Crippen LogP contribution is -2.46. The predicted octanol–water partition coefficient (Wildman–Crippen LogP) is 1.71. The van der Waals surface area contributed by atoms with Crippen molar-refractivity contribution in [1.29, 1.82) is 0 Å². The van der Waals surface area contributed by atoms with Crippen LogP contribution in [-0.4, -0.2) is 50.7 Å². The van der Waals surface area contributed by atoms with Gasteiger partial charge in [-0.2, -0.15) is 0 Å². The normalized spacial score (nSPS) is 24.7. The smallest absolute Gasteiger partial charge is 0.316 e. The number of aromatic hydroxyl groups is 2. The first-order valence-corrected chi connectivity index (χ1v) is 9.45. The number of carbonyl (C=O) groups excluding carboxylic acids is 3. The van der Waals surface area contributed by atoms with Gasteiger partial charge in [0.25, 0.3) is 0 Å². The van der Waals surface area contributed by atoms with Gasteiger partial charge in [-0.15, -0.1) is 0 Å². The first-order valence-electron chi connectivity index (χ1n) is 9.45. The average molecular weight is 412 g/mol. The van der Waals surface area contributed by atoms with Crippen LogP contribution in [0.25, 0.3) is 0 Å². The Bertz CT molecular complexity index is 1120. The minimum atomic E-state index is -1.67. The van der Waals surface area contributed by atoms with Crippen molar-refractivity contribution in [2.24, 2.45) is 0 Å². The van der Waals surface area contributed by atoms with Crippen molar-refractivity contribution in [3.63, 3.8) is 0 Å². The van der Waals surface area contributed by atoms with E-state index in [9.17, 15) is 34.8 Å². The zero-order valence-corrected chi connectivity index (χ0v) is 16.3. The summed E-state index contributed by atoms with van der Waals surface area (Å²) in [5.41, 5.74) is -2.53. The lowest BCUT2D eigenvalue weighted by Gasteiger charge is -2.42. The van der Waals surface area contributed by atoms with Crippen molar-refractivity contribution in [2.75, 3.05) is 7.11 Å². The molecule has 2 aromatic carbocycles. The highest BCUT2D eigenvalue weighted by atomic mass is 16.5. The zero-order valence-electron chi connectivity index (χ0n) is 16.3. The Kier molecular flexibility index (Phi) is 4.44. The first kappa shape index (κ1) is 20.1. The number of aliphatic hydroxyl groups excluding tert-OH is 1. The number of benzene rings is 2. The molecule has 4 rings (SSSR count). The summed E-state index contributed by atoms with van der Waals surface area (Å²) >= 11 is 0. The third-order valence-electron chi connectivity index (χ3n) is 6.14. The van der Waals surface area contributed by atoms with E-state index in [4.69, 9.17) is 4.74 Å². The van der Waals surface area contributed by atoms with Crippen LogP contribution >= 0.6 is 0 Å². The van der Waals surface area contributed by atoms with Gasteiger partial charge in [-0.05, 0) is 24.1 Å². The van der Waals surface area contributed by atoms with Crippen LogP contribution in [0.3, 0.4) is 0 Å². The van der Waals surface area contributed by atoms with Crippen LogP contribution in [0.4, 0.5) is 0 Å². The van der Waals surface area contributed by atoms with Gasteiger partial charge in [0.05, 0.1) is 29.9 Å². The van der Waals surface area contributed by atoms with Gasteiger partial charge in [0.1, 0.15) is 17.4 Å². The number of fused-ring (bicyclic) bond motifs is 3. The molecule has 0 bridgehead atoms. The summed E-state index contributed by atoms with van der Waals surface area (Å²) in [7, 11) is 1.15.